The van der Waals surface area contributed by atoms with Crippen LogP contribution in [0.1, 0.15) is 53.8 Å². The number of carbonyl (C=O) groups excluding carboxylic acids is 1. The number of anilines is 2. The van der Waals surface area contributed by atoms with Crippen LogP contribution in [0.3, 0.4) is 0 Å². The van der Waals surface area contributed by atoms with Crippen molar-refractivity contribution < 1.29 is 9.32 Å². The van der Waals surface area contributed by atoms with E-state index in [2.05, 4.69) is 22.0 Å². The maximum atomic E-state index is 14.0. The van der Waals surface area contributed by atoms with Crippen molar-refractivity contribution in [2.24, 2.45) is 0 Å². The highest BCUT2D eigenvalue weighted by Gasteiger charge is 2.34. The van der Waals surface area contributed by atoms with Crippen molar-refractivity contribution in [1.29, 1.82) is 0 Å². The molecule has 2 aliphatic rings. The van der Waals surface area contributed by atoms with Gasteiger partial charge in [-0.25, -0.2) is 15.0 Å². The van der Waals surface area contributed by atoms with Crippen LogP contribution in [0.5, 0.6) is 0 Å². The van der Waals surface area contributed by atoms with E-state index in [4.69, 9.17) is 14.5 Å². The number of amides is 1. The number of aryl methyl sites for hydroxylation is 1. The summed E-state index contributed by atoms with van der Waals surface area (Å²) in [7, 11) is 1.99. The highest BCUT2D eigenvalue weighted by molar-refractivity contribution is 6.14. The molecule has 1 fully saturated rings. The molecule has 1 aromatic carbocycles. The summed E-state index contributed by atoms with van der Waals surface area (Å²) in [5, 5.41) is 4.98. The number of benzene rings is 1. The summed E-state index contributed by atoms with van der Waals surface area (Å²) in [5.41, 5.74) is 4.36. The maximum Gasteiger partial charge on any atom is 0.260 e. The predicted octanol–water partition coefficient (Wildman–Crippen LogP) is 4.09. The van der Waals surface area contributed by atoms with Crippen molar-refractivity contribution in [3.63, 3.8) is 0 Å². The van der Waals surface area contributed by atoms with Gasteiger partial charge < -0.3 is 9.42 Å². The minimum atomic E-state index is -0.0983. The summed E-state index contributed by atoms with van der Waals surface area (Å²) < 4.78 is 5.57. The number of hydrogen-bond acceptors (Lipinski definition) is 7. The topological polar surface area (TPSA) is 88.3 Å². The molecule has 6 rings (SSSR count). The molecule has 1 saturated carbocycles. The second-order valence-electron chi connectivity index (χ2n) is 8.67. The number of pyridine rings is 1. The first-order valence-corrected chi connectivity index (χ1v) is 11.2. The molecule has 32 heavy (non-hydrogen) atoms. The molecule has 4 aromatic rings. The molecular weight excluding hydrogens is 404 g/mol. The van der Waals surface area contributed by atoms with Crippen molar-refractivity contribution in [2.75, 3.05) is 29.9 Å². The number of rotatable bonds is 4. The molecule has 0 N–H and O–H groups in total. The van der Waals surface area contributed by atoms with E-state index in [1.165, 1.54) is 0 Å². The fourth-order valence-electron chi connectivity index (χ4n) is 4.42. The SMILES string of the molecule is CCCc1noc2nc(C3CC3)cc(C(=O)N3CCN(C)c4nc5ccccc5nc43)c12. The van der Waals surface area contributed by atoms with Crippen LogP contribution in [0.15, 0.2) is 34.9 Å². The largest absolute Gasteiger partial charge is 0.355 e. The minimum Gasteiger partial charge on any atom is -0.355 e. The fraction of sp³-hybridized carbons (Fsp3) is 0.375. The molecule has 8 heteroatoms. The number of likely N-dealkylation sites (N-methyl/N-ethyl adjacent to an activating group) is 1. The van der Waals surface area contributed by atoms with Crippen molar-refractivity contribution in [3.05, 3.63) is 47.3 Å². The van der Waals surface area contributed by atoms with E-state index in [0.717, 1.165) is 59.3 Å². The molecule has 162 valence electrons. The van der Waals surface area contributed by atoms with Crippen molar-refractivity contribution >= 4 is 39.7 Å². The molecule has 0 radical (unpaired) electrons. The van der Waals surface area contributed by atoms with Crippen LogP contribution >= 0.6 is 0 Å². The van der Waals surface area contributed by atoms with Crippen LogP contribution in [-0.4, -0.2) is 46.2 Å². The average Bonchev–Trinajstić information content (AvgIpc) is 3.59. The summed E-state index contributed by atoms with van der Waals surface area (Å²) in [6.07, 6.45) is 3.84. The van der Waals surface area contributed by atoms with Gasteiger partial charge in [0.05, 0.1) is 27.7 Å². The highest BCUT2D eigenvalue weighted by Crippen LogP contribution is 2.41. The Labute approximate surface area is 185 Å². The van der Waals surface area contributed by atoms with Crippen LogP contribution in [0.2, 0.25) is 0 Å². The van der Waals surface area contributed by atoms with Gasteiger partial charge in [0.1, 0.15) is 0 Å². The summed E-state index contributed by atoms with van der Waals surface area (Å²) in [6.45, 7) is 3.30. The second-order valence-corrected chi connectivity index (χ2v) is 8.67. The van der Waals surface area contributed by atoms with Crippen LogP contribution in [0.4, 0.5) is 11.6 Å². The molecule has 8 nitrogen and oxygen atoms in total. The van der Waals surface area contributed by atoms with Crippen LogP contribution in [0.25, 0.3) is 22.1 Å². The lowest BCUT2D eigenvalue weighted by molar-refractivity contribution is 0.0987. The van der Waals surface area contributed by atoms with E-state index in [0.29, 0.717) is 36.1 Å². The molecule has 0 bridgehead atoms. The van der Waals surface area contributed by atoms with Gasteiger partial charge in [0, 0.05) is 31.7 Å². The van der Waals surface area contributed by atoms with E-state index < -0.39 is 0 Å². The van der Waals surface area contributed by atoms with E-state index in [1.54, 1.807) is 4.90 Å². The zero-order chi connectivity index (χ0) is 21.8. The number of hydrogen-bond donors (Lipinski definition) is 0. The highest BCUT2D eigenvalue weighted by atomic mass is 16.5. The van der Waals surface area contributed by atoms with Gasteiger partial charge in [-0.2, -0.15) is 0 Å². The molecule has 1 aliphatic carbocycles. The third-order valence-electron chi connectivity index (χ3n) is 6.31. The van der Waals surface area contributed by atoms with Crippen LogP contribution < -0.4 is 9.80 Å². The van der Waals surface area contributed by atoms with E-state index >= 15 is 0 Å². The number of para-hydroxylation sites is 2. The summed E-state index contributed by atoms with van der Waals surface area (Å²) >= 11 is 0. The quantitative estimate of drug-likeness (QED) is 0.484. The first-order chi connectivity index (χ1) is 15.6. The zero-order valence-corrected chi connectivity index (χ0v) is 18.2. The summed E-state index contributed by atoms with van der Waals surface area (Å²) in [5.74, 6) is 1.61. The molecule has 0 saturated heterocycles. The van der Waals surface area contributed by atoms with Gasteiger partial charge in [-0.3, -0.25) is 9.69 Å². The van der Waals surface area contributed by atoms with E-state index in [1.807, 2.05) is 37.4 Å². The Morgan fingerprint density at radius 3 is 2.56 bits per heavy atom. The number of aromatic nitrogens is 4. The normalized spacial score (nSPS) is 16.1. The van der Waals surface area contributed by atoms with E-state index in [9.17, 15) is 4.79 Å². The van der Waals surface area contributed by atoms with Gasteiger partial charge in [0.15, 0.2) is 11.6 Å². The van der Waals surface area contributed by atoms with Gasteiger partial charge in [0.25, 0.3) is 11.6 Å². The maximum absolute atomic E-state index is 14.0. The standard InChI is InChI=1S/C24H24N6O2/c1-3-6-18-20-15(13-19(14-9-10-14)27-23(20)32-28-18)24(31)30-12-11-29(2)21-22(30)26-17-8-5-4-7-16(17)25-21/h4-5,7-8,13-14H,3,6,9-12H2,1-2H3. The molecule has 1 aliphatic heterocycles. The average molecular weight is 428 g/mol. The lowest BCUT2D eigenvalue weighted by Crippen LogP contribution is -2.44. The molecule has 0 atom stereocenters. The summed E-state index contributed by atoms with van der Waals surface area (Å²) in [6, 6.07) is 9.70. The van der Waals surface area contributed by atoms with Gasteiger partial charge in [-0.1, -0.05) is 30.6 Å². The Morgan fingerprint density at radius 2 is 1.84 bits per heavy atom. The predicted molar refractivity (Wildman–Crippen MR) is 122 cm³/mol. The Hall–Kier alpha value is -3.55. The molecule has 3 aromatic heterocycles. The number of nitrogens with zero attached hydrogens (tertiary/aromatic N) is 6. The first-order valence-electron chi connectivity index (χ1n) is 11.2. The summed E-state index contributed by atoms with van der Waals surface area (Å²) in [4.78, 5) is 32.1. The monoisotopic (exact) mass is 428 g/mol. The zero-order valence-electron chi connectivity index (χ0n) is 18.2. The Balaban J connectivity index is 1.52. The Morgan fingerprint density at radius 1 is 1.09 bits per heavy atom. The van der Waals surface area contributed by atoms with E-state index in [-0.39, 0.29) is 5.91 Å². The Bertz CT molecular complexity index is 1360. The van der Waals surface area contributed by atoms with Crippen molar-refractivity contribution in [3.8, 4) is 0 Å². The van der Waals surface area contributed by atoms with Crippen LogP contribution in [-0.2, 0) is 6.42 Å². The van der Waals surface area contributed by atoms with Crippen molar-refractivity contribution in [2.45, 2.75) is 38.5 Å². The van der Waals surface area contributed by atoms with Crippen molar-refractivity contribution in [1.82, 2.24) is 20.1 Å². The smallest absolute Gasteiger partial charge is 0.260 e. The third-order valence-corrected chi connectivity index (χ3v) is 6.31. The Kier molecular flexibility index (Phi) is 4.34. The lowest BCUT2D eigenvalue weighted by atomic mass is 10.0. The number of fused-ring (bicyclic) bond motifs is 3. The molecular formula is C24H24N6O2. The van der Waals surface area contributed by atoms with Gasteiger partial charge in [-0.05, 0) is 37.5 Å². The molecule has 1 amide bonds. The van der Waals surface area contributed by atoms with Gasteiger partial charge in [0.2, 0.25) is 0 Å². The van der Waals surface area contributed by atoms with Gasteiger partial charge in [-0.15, -0.1) is 0 Å². The lowest BCUT2D eigenvalue weighted by Gasteiger charge is -2.34. The molecule has 0 spiro atoms. The molecule has 4 heterocycles. The molecule has 0 unspecified atom stereocenters. The second kappa shape index (κ2) is 7.25. The number of carbonyl (C=O) groups is 1. The third kappa shape index (κ3) is 3.01. The first kappa shape index (κ1) is 19.2. The minimum absolute atomic E-state index is 0.0983. The van der Waals surface area contributed by atoms with Gasteiger partial charge >= 0.3 is 0 Å². The fourth-order valence-corrected chi connectivity index (χ4v) is 4.42. The van der Waals surface area contributed by atoms with Crippen LogP contribution in [0, 0.1) is 0 Å².